The quantitative estimate of drug-likeness (QED) is 0.848. The zero-order valence-electron chi connectivity index (χ0n) is 10.5. The van der Waals surface area contributed by atoms with Crippen molar-refractivity contribution in [2.45, 2.75) is 32.9 Å². The molecule has 0 radical (unpaired) electrons. The molecule has 2 aromatic rings. The number of aromatic nitrogens is 5. The molecule has 0 saturated carbocycles. The third kappa shape index (κ3) is 2.21. The van der Waals surface area contributed by atoms with Crippen molar-refractivity contribution in [2.75, 3.05) is 0 Å². The Balaban J connectivity index is 2.33. The summed E-state index contributed by atoms with van der Waals surface area (Å²) in [7, 11) is 1.89. The standard InChI is InChI=1S/C11H18N6/c1-4-5-17-10(6-13-15-17)11(12)9-7-16(3)14-8(9)2/h6-7,11H,4-5,12H2,1-3H3. The highest BCUT2D eigenvalue weighted by atomic mass is 15.4. The lowest BCUT2D eigenvalue weighted by molar-refractivity contribution is 0.543. The summed E-state index contributed by atoms with van der Waals surface area (Å²) in [5.74, 6) is 0. The van der Waals surface area contributed by atoms with Crippen LogP contribution in [0.25, 0.3) is 0 Å². The van der Waals surface area contributed by atoms with Crippen LogP contribution in [0.5, 0.6) is 0 Å². The Morgan fingerprint density at radius 1 is 1.47 bits per heavy atom. The second-order valence-electron chi connectivity index (χ2n) is 4.20. The fourth-order valence-electron chi connectivity index (χ4n) is 1.97. The molecule has 0 amide bonds. The summed E-state index contributed by atoms with van der Waals surface area (Å²) < 4.78 is 3.63. The van der Waals surface area contributed by atoms with Gasteiger partial charge < -0.3 is 5.73 Å². The summed E-state index contributed by atoms with van der Waals surface area (Å²) in [5, 5.41) is 12.3. The van der Waals surface area contributed by atoms with Crippen molar-refractivity contribution in [3.8, 4) is 0 Å². The first-order valence-corrected chi connectivity index (χ1v) is 5.77. The van der Waals surface area contributed by atoms with E-state index in [0.29, 0.717) is 0 Å². The van der Waals surface area contributed by atoms with Crippen LogP contribution >= 0.6 is 0 Å². The molecule has 2 rings (SSSR count). The lowest BCUT2D eigenvalue weighted by Gasteiger charge is -2.11. The molecule has 6 heteroatoms. The highest BCUT2D eigenvalue weighted by Crippen LogP contribution is 2.20. The third-order valence-corrected chi connectivity index (χ3v) is 2.79. The Labute approximate surface area is 100 Å². The summed E-state index contributed by atoms with van der Waals surface area (Å²) >= 11 is 0. The van der Waals surface area contributed by atoms with Gasteiger partial charge in [0.15, 0.2) is 0 Å². The molecule has 1 atom stereocenters. The van der Waals surface area contributed by atoms with Crippen LogP contribution in [-0.2, 0) is 13.6 Å². The molecule has 92 valence electrons. The average molecular weight is 234 g/mol. The second kappa shape index (κ2) is 4.67. The summed E-state index contributed by atoms with van der Waals surface area (Å²) in [5.41, 5.74) is 9.15. The van der Waals surface area contributed by atoms with Gasteiger partial charge in [0.25, 0.3) is 0 Å². The molecular formula is C11H18N6. The molecule has 0 saturated heterocycles. The Hall–Kier alpha value is -1.69. The van der Waals surface area contributed by atoms with Crippen LogP contribution in [0.4, 0.5) is 0 Å². The lowest BCUT2D eigenvalue weighted by Crippen LogP contribution is -2.18. The van der Waals surface area contributed by atoms with Gasteiger partial charge in [0.1, 0.15) is 0 Å². The number of hydrogen-bond donors (Lipinski definition) is 1. The average Bonchev–Trinajstić information content (AvgIpc) is 2.85. The second-order valence-corrected chi connectivity index (χ2v) is 4.20. The maximum absolute atomic E-state index is 6.25. The maximum Gasteiger partial charge on any atom is 0.0801 e. The van der Waals surface area contributed by atoms with Gasteiger partial charge in [-0.15, -0.1) is 5.10 Å². The van der Waals surface area contributed by atoms with Crippen molar-refractivity contribution < 1.29 is 0 Å². The van der Waals surface area contributed by atoms with Crippen LogP contribution < -0.4 is 5.73 Å². The smallest absolute Gasteiger partial charge is 0.0801 e. The first kappa shape index (κ1) is 11.8. The Morgan fingerprint density at radius 3 is 2.82 bits per heavy atom. The van der Waals surface area contributed by atoms with Crippen molar-refractivity contribution in [3.63, 3.8) is 0 Å². The Kier molecular flexibility index (Phi) is 3.23. The van der Waals surface area contributed by atoms with Crippen LogP contribution in [0.2, 0.25) is 0 Å². The number of aryl methyl sites for hydroxylation is 3. The molecule has 6 nitrogen and oxygen atoms in total. The molecular weight excluding hydrogens is 216 g/mol. The van der Waals surface area contributed by atoms with E-state index in [1.54, 1.807) is 10.9 Å². The molecule has 0 aliphatic carbocycles. The van der Waals surface area contributed by atoms with E-state index in [9.17, 15) is 0 Å². The number of nitrogens with two attached hydrogens (primary N) is 1. The van der Waals surface area contributed by atoms with E-state index >= 15 is 0 Å². The molecule has 0 aromatic carbocycles. The molecule has 0 fully saturated rings. The molecule has 2 aromatic heterocycles. The van der Waals surface area contributed by atoms with E-state index in [1.807, 2.05) is 24.9 Å². The normalized spacial score (nSPS) is 12.9. The van der Waals surface area contributed by atoms with Gasteiger partial charge in [-0.1, -0.05) is 12.1 Å². The van der Waals surface area contributed by atoms with Gasteiger partial charge in [0.2, 0.25) is 0 Å². The predicted molar refractivity (Wildman–Crippen MR) is 64.3 cm³/mol. The number of nitrogens with zero attached hydrogens (tertiary/aromatic N) is 5. The van der Waals surface area contributed by atoms with Gasteiger partial charge in [0, 0.05) is 25.4 Å². The lowest BCUT2D eigenvalue weighted by atomic mass is 10.1. The van der Waals surface area contributed by atoms with Crippen molar-refractivity contribution in [2.24, 2.45) is 12.8 Å². The van der Waals surface area contributed by atoms with Gasteiger partial charge in [-0.2, -0.15) is 5.10 Å². The fraction of sp³-hybridized carbons (Fsp3) is 0.545. The summed E-state index contributed by atoms with van der Waals surface area (Å²) in [6.07, 6.45) is 4.69. The van der Waals surface area contributed by atoms with E-state index < -0.39 is 0 Å². The molecule has 0 spiro atoms. The molecule has 2 N–H and O–H groups in total. The minimum absolute atomic E-state index is 0.217. The molecule has 0 bridgehead atoms. The zero-order chi connectivity index (χ0) is 12.4. The van der Waals surface area contributed by atoms with E-state index in [2.05, 4.69) is 22.3 Å². The number of rotatable bonds is 4. The van der Waals surface area contributed by atoms with Gasteiger partial charge in [-0.3, -0.25) is 4.68 Å². The van der Waals surface area contributed by atoms with Gasteiger partial charge in [-0.05, 0) is 13.3 Å². The largest absolute Gasteiger partial charge is 0.319 e. The Morgan fingerprint density at radius 2 is 2.24 bits per heavy atom. The summed E-state index contributed by atoms with van der Waals surface area (Å²) in [6, 6.07) is -0.217. The molecule has 1 unspecified atom stereocenters. The van der Waals surface area contributed by atoms with Crippen LogP contribution in [0.1, 0.15) is 36.3 Å². The van der Waals surface area contributed by atoms with Gasteiger partial charge in [0.05, 0.1) is 23.6 Å². The first-order valence-electron chi connectivity index (χ1n) is 5.77. The summed E-state index contributed by atoms with van der Waals surface area (Å²) in [4.78, 5) is 0. The van der Waals surface area contributed by atoms with E-state index in [-0.39, 0.29) is 6.04 Å². The molecule has 0 aliphatic rings. The minimum Gasteiger partial charge on any atom is -0.319 e. The SMILES string of the molecule is CCCn1nncc1C(N)c1cn(C)nc1C. The first-order chi connectivity index (χ1) is 8.13. The Bertz CT molecular complexity index is 498. The van der Waals surface area contributed by atoms with Crippen molar-refractivity contribution >= 4 is 0 Å². The van der Waals surface area contributed by atoms with Gasteiger partial charge >= 0.3 is 0 Å². The topological polar surface area (TPSA) is 74.6 Å². The predicted octanol–water partition coefficient (Wildman–Crippen LogP) is 0.778. The molecule has 2 heterocycles. The van der Waals surface area contributed by atoms with E-state index in [0.717, 1.165) is 29.9 Å². The number of hydrogen-bond acceptors (Lipinski definition) is 4. The monoisotopic (exact) mass is 234 g/mol. The highest BCUT2D eigenvalue weighted by Gasteiger charge is 2.18. The third-order valence-electron chi connectivity index (χ3n) is 2.79. The molecule has 17 heavy (non-hydrogen) atoms. The van der Waals surface area contributed by atoms with Crippen LogP contribution in [-0.4, -0.2) is 24.8 Å². The van der Waals surface area contributed by atoms with Gasteiger partial charge in [-0.25, -0.2) is 4.68 Å². The van der Waals surface area contributed by atoms with Crippen LogP contribution in [0.15, 0.2) is 12.4 Å². The van der Waals surface area contributed by atoms with Crippen LogP contribution in [0.3, 0.4) is 0 Å². The minimum atomic E-state index is -0.217. The van der Waals surface area contributed by atoms with E-state index in [4.69, 9.17) is 5.73 Å². The highest BCUT2D eigenvalue weighted by molar-refractivity contribution is 5.27. The molecule has 0 aliphatic heterocycles. The van der Waals surface area contributed by atoms with Crippen LogP contribution in [0, 0.1) is 6.92 Å². The van der Waals surface area contributed by atoms with Crippen molar-refractivity contribution in [1.82, 2.24) is 24.8 Å². The fourth-order valence-corrected chi connectivity index (χ4v) is 1.97. The van der Waals surface area contributed by atoms with E-state index in [1.165, 1.54) is 0 Å². The maximum atomic E-state index is 6.25. The summed E-state index contributed by atoms with van der Waals surface area (Å²) in [6.45, 7) is 4.90. The van der Waals surface area contributed by atoms with Crippen molar-refractivity contribution in [3.05, 3.63) is 29.3 Å². The zero-order valence-corrected chi connectivity index (χ0v) is 10.5. The van der Waals surface area contributed by atoms with Crippen molar-refractivity contribution in [1.29, 1.82) is 0 Å².